The number of aryl methyl sites for hydroxylation is 1. The first-order valence-electron chi connectivity index (χ1n) is 5.90. The number of amides is 2. The number of benzene rings is 1. The Kier molecular flexibility index (Phi) is 4.52. The van der Waals surface area contributed by atoms with E-state index in [2.05, 4.69) is 36.8 Å². The van der Waals surface area contributed by atoms with Gasteiger partial charge in [-0.3, -0.25) is 14.7 Å². The van der Waals surface area contributed by atoms with E-state index < -0.39 is 0 Å². The lowest BCUT2D eigenvalue weighted by Crippen LogP contribution is -2.32. The molecule has 7 heteroatoms. The van der Waals surface area contributed by atoms with Crippen LogP contribution in [0.15, 0.2) is 34.8 Å². The molecule has 1 heterocycles. The van der Waals surface area contributed by atoms with E-state index >= 15 is 0 Å². The zero-order valence-electron chi connectivity index (χ0n) is 10.7. The molecule has 2 aromatic rings. The van der Waals surface area contributed by atoms with Crippen molar-refractivity contribution in [2.75, 3.05) is 11.9 Å². The molecular weight excluding hydrogens is 324 g/mol. The number of H-pyrrole nitrogens is 1. The van der Waals surface area contributed by atoms with Gasteiger partial charge < -0.3 is 10.6 Å². The molecule has 0 aliphatic carbocycles. The monoisotopic (exact) mass is 336 g/mol. The van der Waals surface area contributed by atoms with Crippen LogP contribution in [0.5, 0.6) is 0 Å². The molecule has 1 aromatic heterocycles. The van der Waals surface area contributed by atoms with Gasteiger partial charge in [-0.25, -0.2) is 0 Å². The number of hydrogen-bond acceptors (Lipinski definition) is 3. The molecule has 0 unspecified atom stereocenters. The third-order valence-corrected chi connectivity index (χ3v) is 2.96. The second-order valence-corrected chi connectivity index (χ2v) is 5.09. The molecule has 6 nitrogen and oxygen atoms in total. The van der Waals surface area contributed by atoms with Crippen LogP contribution in [0.1, 0.15) is 16.1 Å². The maximum Gasteiger partial charge on any atom is 0.251 e. The third-order valence-electron chi connectivity index (χ3n) is 2.47. The number of aromatic amines is 1. The van der Waals surface area contributed by atoms with Crippen LogP contribution in [0.3, 0.4) is 0 Å². The van der Waals surface area contributed by atoms with E-state index in [1.807, 2.05) is 13.0 Å². The highest BCUT2D eigenvalue weighted by Gasteiger charge is 2.09. The number of anilines is 1. The number of aromatic nitrogens is 2. The number of hydrogen-bond donors (Lipinski definition) is 3. The zero-order chi connectivity index (χ0) is 14.5. The highest BCUT2D eigenvalue weighted by molar-refractivity contribution is 9.10. The summed E-state index contributed by atoms with van der Waals surface area (Å²) in [6, 6.07) is 8.64. The summed E-state index contributed by atoms with van der Waals surface area (Å²) < 4.78 is 0.807. The largest absolute Gasteiger partial charge is 0.343 e. The number of carbonyl (C=O) groups is 2. The summed E-state index contributed by atoms with van der Waals surface area (Å²) in [5.41, 5.74) is 1.33. The van der Waals surface area contributed by atoms with Crippen molar-refractivity contribution in [1.29, 1.82) is 0 Å². The Bertz CT molecular complexity index is 639. The molecule has 0 saturated carbocycles. The van der Waals surface area contributed by atoms with Gasteiger partial charge in [0.05, 0.1) is 6.54 Å². The van der Waals surface area contributed by atoms with Crippen molar-refractivity contribution in [2.45, 2.75) is 6.92 Å². The summed E-state index contributed by atoms with van der Waals surface area (Å²) in [6.07, 6.45) is 0. The second kappa shape index (κ2) is 6.33. The van der Waals surface area contributed by atoms with Gasteiger partial charge in [0.15, 0.2) is 5.82 Å². The van der Waals surface area contributed by atoms with Gasteiger partial charge in [-0.15, -0.1) is 0 Å². The molecular formula is C13H13BrN4O2. The van der Waals surface area contributed by atoms with E-state index in [9.17, 15) is 9.59 Å². The lowest BCUT2D eigenvalue weighted by atomic mass is 10.2. The third kappa shape index (κ3) is 3.92. The number of nitrogens with zero attached hydrogens (tertiary/aromatic N) is 1. The van der Waals surface area contributed by atoms with E-state index in [-0.39, 0.29) is 18.4 Å². The topological polar surface area (TPSA) is 86.9 Å². The minimum absolute atomic E-state index is 0.114. The lowest BCUT2D eigenvalue weighted by Gasteiger charge is -2.05. The highest BCUT2D eigenvalue weighted by Crippen LogP contribution is 2.11. The van der Waals surface area contributed by atoms with Crippen molar-refractivity contribution in [3.8, 4) is 0 Å². The number of carbonyl (C=O) groups excluding carboxylic acids is 2. The van der Waals surface area contributed by atoms with E-state index in [4.69, 9.17) is 0 Å². The van der Waals surface area contributed by atoms with Crippen LogP contribution in [0.4, 0.5) is 5.82 Å². The normalized spacial score (nSPS) is 10.1. The molecule has 20 heavy (non-hydrogen) atoms. The Labute approximate surface area is 124 Å². The first kappa shape index (κ1) is 14.3. The predicted octanol–water partition coefficient (Wildman–Crippen LogP) is 1.85. The van der Waals surface area contributed by atoms with Gasteiger partial charge >= 0.3 is 0 Å². The fourth-order valence-corrected chi connectivity index (χ4v) is 1.96. The van der Waals surface area contributed by atoms with Gasteiger partial charge in [-0.2, -0.15) is 5.10 Å². The summed E-state index contributed by atoms with van der Waals surface area (Å²) in [6.45, 7) is 1.72. The van der Waals surface area contributed by atoms with E-state index in [0.29, 0.717) is 11.4 Å². The van der Waals surface area contributed by atoms with E-state index in [0.717, 1.165) is 10.2 Å². The molecule has 0 saturated heterocycles. The molecule has 3 N–H and O–H groups in total. The standard InChI is InChI=1S/C13H13BrN4O2/c1-8-5-11(18-17-8)16-12(19)7-15-13(20)9-3-2-4-10(14)6-9/h2-6H,7H2,1H3,(H,15,20)(H2,16,17,18,19). The Morgan fingerprint density at radius 1 is 1.35 bits per heavy atom. The van der Waals surface area contributed by atoms with Crippen LogP contribution in [-0.4, -0.2) is 28.6 Å². The van der Waals surface area contributed by atoms with Gasteiger partial charge in [0.2, 0.25) is 5.91 Å². The minimum Gasteiger partial charge on any atom is -0.343 e. The fourth-order valence-electron chi connectivity index (χ4n) is 1.56. The maximum absolute atomic E-state index is 11.8. The summed E-state index contributed by atoms with van der Waals surface area (Å²) >= 11 is 3.29. The Morgan fingerprint density at radius 3 is 2.80 bits per heavy atom. The molecule has 0 aliphatic heterocycles. The highest BCUT2D eigenvalue weighted by atomic mass is 79.9. The van der Waals surface area contributed by atoms with E-state index in [1.165, 1.54) is 0 Å². The zero-order valence-corrected chi connectivity index (χ0v) is 12.3. The maximum atomic E-state index is 11.8. The van der Waals surface area contributed by atoms with Crippen LogP contribution in [-0.2, 0) is 4.79 Å². The Hall–Kier alpha value is -2.15. The summed E-state index contributed by atoms with van der Waals surface area (Å²) in [5.74, 6) is -0.205. The van der Waals surface area contributed by atoms with Gasteiger partial charge in [0.25, 0.3) is 5.91 Å². The van der Waals surface area contributed by atoms with Crippen molar-refractivity contribution in [3.05, 3.63) is 46.1 Å². The first-order valence-corrected chi connectivity index (χ1v) is 6.69. The van der Waals surface area contributed by atoms with Gasteiger partial charge in [0.1, 0.15) is 0 Å². The number of nitrogens with one attached hydrogen (secondary N) is 3. The van der Waals surface area contributed by atoms with Crippen molar-refractivity contribution in [1.82, 2.24) is 15.5 Å². The van der Waals surface area contributed by atoms with Crippen LogP contribution in [0, 0.1) is 6.92 Å². The predicted molar refractivity (Wildman–Crippen MR) is 78.4 cm³/mol. The van der Waals surface area contributed by atoms with Crippen LogP contribution in [0.25, 0.3) is 0 Å². The molecule has 2 rings (SSSR count). The van der Waals surface area contributed by atoms with Crippen molar-refractivity contribution < 1.29 is 9.59 Å². The molecule has 0 fully saturated rings. The van der Waals surface area contributed by atoms with E-state index in [1.54, 1.807) is 24.3 Å². The minimum atomic E-state index is -0.333. The molecule has 104 valence electrons. The fraction of sp³-hybridized carbons (Fsp3) is 0.154. The lowest BCUT2D eigenvalue weighted by molar-refractivity contribution is -0.115. The molecule has 1 aromatic carbocycles. The van der Waals surface area contributed by atoms with Gasteiger partial charge in [-0.05, 0) is 25.1 Å². The second-order valence-electron chi connectivity index (χ2n) is 4.18. The first-order chi connectivity index (χ1) is 9.54. The van der Waals surface area contributed by atoms with Gasteiger partial charge in [-0.1, -0.05) is 22.0 Å². The smallest absolute Gasteiger partial charge is 0.251 e. The van der Waals surface area contributed by atoms with Crippen LogP contribution < -0.4 is 10.6 Å². The number of halogens is 1. The number of rotatable bonds is 4. The SMILES string of the molecule is Cc1cc(NC(=O)CNC(=O)c2cccc(Br)c2)n[nH]1. The average molecular weight is 337 g/mol. The van der Waals surface area contributed by atoms with Crippen molar-refractivity contribution in [2.24, 2.45) is 0 Å². The molecule has 2 amide bonds. The van der Waals surface area contributed by atoms with Crippen molar-refractivity contribution >= 4 is 33.6 Å². The summed E-state index contributed by atoms with van der Waals surface area (Å²) in [4.78, 5) is 23.5. The quantitative estimate of drug-likeness (QED) is 0.796. The van der Waals surface area contributed by atoms with Crippen LogP contribution in [0.2, 0.25) is 0 Å². The molecule has 0 spiro atoms. The molecule has 0 bridgehead atoms. The van der Waals surface area contributed by atoms with Crippen LogP contribution >= 0.6 is 15.9 Å². The summed E-state index contributed by atoms with van der Waals surface area (Å²) in [5, 5.41) is 11.7. The molecule has 0 aliphatic rings. The average Bonchev–Trinajstić information content (AvgIpc) is 2.81. The van der Waals surface area contributed by atoms with Crippen molar-refractivity contribution in [3.63, 3.8) is 0 Å². The van der Waals surface area contributed by atoms with Gasteiger partial charge in [0, 0.05) is 21.8 Å². The molecule has 0 radical (unpaired) electrons. The summed E-state index contributed by atoms with van der Waals surface area (Å²) in [7, 11) is 0. The molecule has 0 atom stereocenters. The Balaban J connectivity index is 1.85. The Morgan fingerprint density at radius 2 is 2.15 bits per heavy atom.